The molecule has 0 spiro atoms. The summed E-state index contributed by atoms with van der Waals surface area (Å²) in [6, 6.07) is 37.8. The summed E-state index contributed by atoms with van der Waals surface area (Å²) < 4.78 is 23.1. The summed E-state index contributed by atoms with van der Waals surface area (Å²) in [7, 11) is 0. The van der Waals surface area contributed by atoms with Crippen LogP contribution in [0.25, 0.3) is 0 Å². The maximum Gasteiger partial charge on any atom is 0.326 e. The summed E-state index contributed by atoms with van der Waals surface area (Å²) in [5.74, 6) is -10.5. The normalized spacial score (nSPS) is 15.5. The summed E-state index contributed by atoms with van der Waals surface area (Å²) in [5, 5.41) is 37.8. The van der Waals surface area contributed by atoms with Gasteiger partial charge in [-0.25, -0.2) is 4.79 Å². The molecule has 0 bridgehead atoms. The van der Waals surface area contributed by atoms with Crippen molar-refractivity contribution in [2.75, 3.05) is 13.1 Å². The summed E-state index contributed by atoms with van der Waals surface area (Å²) in [4.78, 5) is 172. The third kappa shape index (κ3) is 26.8. The second-order valence-electron chi connectivity index (χ2n) is 28.1. The zero-order valence-corrected chi connectivity index (χ0v) is 66.4. The van der Waals surface area contributed by atoms with E-state index in [0.717, 1.165) is 0 Å². The molecule has 2 saturated heterocycles. The Balaban J connectivity index is 0.935. The van der Waals surface area contributed by atoms with Crippen LogP contribution in [-0.4, -0.2) is 153 Å². The molecule has 8 N–H and O–H groups in total. The molecule has 0 radical (unpaired) electrons. The molecule has 2 fully saturated rings. The van der Waals surface area contributed by atoms with Gasteiger partial charge in [0.05, 0.1) is 6.42 Å². The Morgan fingerprint density at radius 1 is 0.417 bits per heavy atom. The summed E-state index contributed by atoms with van der Waals surface area (Å²) >= 11 is 25.6. The Kier molecular flexibility index (Phi) is 33.6. The molecule has 2 aliphatic heterocycles. The van der Waals surface area contributed by atoms with E-state index in [1.165, 1.54) is 9.80 Å². The van der Waals surface area contributed by atoms with Gasteiger partial charge in [-0.2, -0.15) is 0 Å². The molecule has 115 heavy (non-hydrogen) atoms. The van der Waals surface area contributed by atoms with Gasteiger partial charge in [-0.1, -0.05) is 194 Å². The molecule has 26 nitrogen and oxygen atoms in total. The number of nitrogens with zero attached hydrogens (tertiary/aromatic N) is 2. The van der Waals surface area contributed by atoms with Gasteiger partial charge in [0.1, 0.15) is 86.3 Å². The van der Waals surface area contributed by atoms with Crippen LogP contribution in [0.3, 0.4) is 0 Å². The van der Waals surface area contributed by atoms with Gasteiger partial charge in [0.15, 0.2) is 0 Å². The van der Waals surface area contributed by atoms with E-state index in [2.05, 4.69) is 31.9 Å². The van der Waals surface area contributed by atoms with Crippen LogP contribution >= 0.6 is 46.4 Å². The van der Waals surface area contributed by atoms with Crippen molar-refractivity contribution in [1.29, 1.82) is 0 Å². The third-order valence-electron chi connectivity index (χ3n) is 19.8. The number of hydrogen-bond donors (Lipinski definition) is 8. The van der Waals surface area contributed by atoms with Crippen molar-refractivity contribution in [3.8, 4) is 11.5 Å². The topological polar surface area (TPSA) is 361 Å². The highest BCUT2D eigenvalue weighted by molar-refractivity contribution is 6.36. The fraction of sp³-hybridized carbons (Fsp3) is 0.365. The highest BCUT2D eigenvalue weighted by Gasteiger charge is 2.44. The minimum Gasteiger partial charge on any atom is -0.489 e. The van der Waals surface area contributed by atoms with Crippen molar-refractivity contribution in [3.63, 3.8) is 0 Å². The Morgan fingerprint density at radius 3 is 1.26 bits per heavy atom. The molecule has 9 atom stereocenters. The van der Waals surface area contributed by atoms with Crippen molar-refractivity contribution < 1.29 is 86.7 Å². The van der Waals surface area contributed by atoms with Gasteiger partial charge in [-0.15, -0.1) is 0 Å². The summed E-state index contributed by atoms with van der Waals surface area (Å²) in [6.07, 6.45) is -2.04. The summed E-state index contributed by atoms with van der Waals surface area (Å²) in [5.41, 5.74) is 3.99. The molecule has 0 aliphatic carbocycles. The molecule has 7 aromatic rings. The van der Waals surface area contributed by atoms with E-state index in [1.54, 1.807) is 190 Å². The predicted octanol–water partition coefficient (Wildman–Crippen LogP) is 10.4. The number of aliphatic carboxylic acids is 2. The number of carbonyl (C=O) groups excluding carboxylic acids is 10. The number of rotatable bonds is 41. The van der Waals surface area contributed by atoms with Crippen LogP contribution in [0.5, 0.6) is 11.5 Å². The second kappa shape index (κ2) is 44.0. The first kappa shape index (κ1) is 87.9. The second-order valence-corrected chi connectivity index (χ2v) is 29.7. The molecule has 0 aromatic heterocycles. The van der Waals surface area contributed by atoms with Crippen LogP contribution < -0.4 is 41.4 Å². The minimum atomic E-state index is -1.62. The quantitative estimate of drug-likeness (QED) is 0.0165. The van der Waals surface area contributed by atoms with E-state index in [1.807, 2.05) is 0 Å². The van der Waals surface area contributed by atoms with Gasteiger partial charge in [-0.05, 0) is 121 Å². The molecular formula is C85H92Cl4N8O18. The van der Waals surface area contributed by atoms with Gasteiger partial charge >= 0.3 is 23.9 Å². The number of nitrogens with one attached hydrogen (secondary N) is 6. The Hall–Kier alpha value is -11.1. The molecule has 2 aliphatic rings. The largest absolute Gasteiger partial charge is 0.489 e. The number of carbonyl (C=O) groups is 12. The average molecular weight is 1660 g/mol. The highest BCUT2D eigenvalue weighted by atomic mass is 35.5. The molecule has 30 heteroatoms. The number of benzene rings is 7. The Bertz CT molecular complexity index is 4490. The molecule has 7 aromatic carbocycles. The van der Waals surface area contributed by atoms with Crippen LogP contribution in [0.15, 0.2) is 176 Å². The van der Waals surface area contributed by atoms with Gasteiger partial charge in [0.2, 0.25) is 47.3 Å². The first-order chi connectivity index (χ1) is 55.3. The zero-order chi connectivity index (χ0) is 82.5. The van der Waals surface area contributed by atoms with E-state index in [0.29, 0.717) is 83.4 Å². The molecule has 8 amide bonds. The third-order valence-corrected chi connectivity index (χ3v) is 21.2. The van der Waals surface area contributed by atoms with Gasteiger partial charge in [0, 0.05) is 82.8 Å². The fourth-order valence-electron chi connectivity index (χ4n) is 13.2. The molecule has 0 saturated carbocycles. The molecule has 608 valence electrons. The highest BCUT2D eigenvalue weighted by Crippen LogP contribution is 2.30. The van der Waals surface area contributed by atoms with Gasteiger partial charge in [0.25, 0.3) is 0 Å². The van der Waals surface area contributed by atoms with Crippen molar-refractivity contribution >= 4 is 118 Å². The Labute approximate surface area is 685 Å². The van der Waals surface area contributed by atoms with Crippen LogP contribution in [0.2, 0.25) is 20.1 Å². The number of amides is 8. The van der Waals surface area contributed by atoms with Crippen LogP contribution in [0.1, 0.15) is 123 Å². The Morgan fingerprint density at radius 2 is 0.809 bits per heavy atom. The zero-order valence-electron chi connectivity index (χ0n) is 63.4. The fourth-order valence-corrected chi connectivity index (χ4v) is 14.2. The van der Waals surface area contributed by atoms with Crippen molar-refractivity contribution in [2.45, 2.75) is 179 Å². The number of carboxylic acid groups (broad SMARTS) is 2. The number of likely N-dealkylation sites (tertiary alicyclic amines) is 2. The number of esters is 2. The number of ether oxygens (including phenoxy) is 4. The lowest BCUT2D eigenvalue weighted by molar-refractivity contribution is -0.147. The number of halogens is 4. The first-order valence-electron chi connectivity index (χ1n) is 37.9. The van der Waals surface area contributed by atoms with E-state index in [-0.39, 0.29) is 90.9 Å². The standard InChI is InChI=1S/C85H92Cl4N8O18/c1-3-52(2)77(95-82(107)72-28-15-43-96(72)83(108)67(38-42-76(102)115-49-57-21-11-6-12-22-57)92-79(104)68(45-53-17-7-4-8-18-53)90-73(98)39-40-74(99)100)84(109)97-44-16-27-71(97)81(106)91-66(37-41-75(101)114-48-56-19-9-5-10-20-56)78(103)93-69(46-54-29-33-58(34-30-54)112-50-60-62(86)23-13-24-63(60)87)80(105)94-70(85(110)111)47-55-31-35-59(36-32-55)113-51-61-64(88)25-14-26-65(61)89/h4-14,17-26,29-36,52,66-72,77H,3,15-16,27-28,37-51H2,1-2H3,(H,90,98)(H,91,106)(H,92,104)(H,93,103)(H,94,105)(H,95,107)(H,99,100)(H,110,111)/t52-,66-,67-,68-,69-,70-,71-,72-,77-/m0/s1. The first-order valence-corrected chi connectivity index (χ1v) is 39.4. The van der Waals surface area contributed by atoms with Gasteiger partial charge < -0.3 is 70.9 Å². The molecule has 2 heterocycles. The lowest BCUT2D eigenvalue weighted by Crippen LogP contribution is -2.61. The number of carboxylic acids is 2. The maximum absolute atomic E-state index is 15.3. The molecular weight excluding hydrogens is 1560 g/mol. The van der Waals surface area contributed by atoms with Crippen LogP contribution in [-0.2, 0) is 113 Å². The van der Waals surface area contributed by atoms with Crippen LogP contribution in [0.4, 0.5) is 0 Å². The smallest absolute Gasteiger partial charge is 0.326 e. The monoisotopic (exact) mass is 1650 g/mol. The van der Waals surface area contributed by atoms with E-state index < -0.39 is 151 Å². The van der Waals surface area contributed by atoms with Gasteiger partial charge in [-0.3, -0.25) is 52.7 Å². The van der Waals surface area contributed by atoms with Crippen molar-refractivity contribution in [1.82, 2.24) is 41.7 Å². The van der Waals surface area contributed by atoms with Crippen molar-refractivity contribution in [2.24, 2.45) is 5.92 Å². The maximum atomic E-state index is 15.3. The van der Waals surface area contributed by atoms with Crippen molar-refractivity contribution in [3.05, 3.63) is 235 Å². The molecule has 9 rings (SSSR count). The number of hydrogen-bond acceptors (Lipinski definition) is 16. The molecule has 0 unspecified atom stereocenters. The predicted molar refractivity (Wildman–Crippen MR) is 428 cm³/mol. The van der Waals surface area contributed by atoms with E-state index >= 15 is 19.2 Å². The summed E-state index contributed by atoms with van der Waals surface area (Å²) in [6.45, 7) is 3.34. The van der Waals surface area contributed by atoms with Crippen LogP contribution in [0, 0.1) is 5.92 Å². The van der Waals surface area contributed by atoms with E-state index in [9.17, 15) is 48.6 Å². The minimum absolute atomic E-state index is 0.00254. The average Bonchev–Trinajstić information content (AvgIpc) is 1.44. The van der Waals surface area contributed by atoms with E-state index in [4.69, 9.17) is 65.4 Å². The SMILES string of the molecule is CC[C@H](C)[C@H](NC(=O)[C@@H]1CCCN1C(=O)[C@H](CCC(=O)OCc1ccccc1)NC(=O)[C@H](Cc1ccccc1)NC(=O)CCC(=O)O)C(=O)N1CCC[C@H]1C(=O)N[C@@H](CCC(=O)OCc1ccccc1)C(=O)N[C@@H](Cc1ccc(OCc2c(Cl)cccc2Cl)cc1)C(=O)N[C@@H](Cc1ccc(OCc2c(Cl)cccc2Cl)cc1)C(=O)O. The lowest BCUT2D eigenvalue weighted by Gasteiger charge is -2.34. The lowest BCUT2D eigenvalue weighted by atomic mass is 9.96.